The van der Waals surface area contributed by atoms with E-state index in [0.29, 0.717) is 0 Å². The van der Waals surface area contributed by atoms with Crippen LogP contribution in [0.3, 0.4) is 0 Å². The molecule has 5 heteroatoms. The molecule has 3 aromatic rings. The molecule has 90 valence electrons. The average Bonchev–Trinajstić information content (AvgIpc) is 2.82. The Kier molecular flexibility index (Phi) is 2.53. The van der Waals surface area contributed by atoms with E-state index >= 15 is 0 Å². The molecule has 1 aromatic carbocycles. The lowest BCUT2D eigenvalue weighted by Gasteiger charge is -2.11. The molecule has 1 unspecified atom stereocenters. The van der Waals surface area contributed by atoms with Gasteiger partial charge in [0.2, 0.25) is 0 Å². The molecule has 2 aromatic heterocycles. The molecule has 1 atom stereocenters. The minimum absolute atomic E-state index is 0.100. The monoisotopic (exact) mass is 239 g/mol. The number of hydrogen-bond acceptors (Lipinski definition) is 4. The van der Waals surface area contributed by atoms with E-state index in [-0.39, 0.29) is 6.04 Å². The molecule has 0 spiro atoms. The second kappa shape index (κ2) is 4.19. The highest BCUT2D eigenvalue weighted by Crippen LogP contribution is 2.20. The zero-order valence-corrected chi connectivity index (χ0v) is 9.99. The highest BCUT2D eigenvalue weighted by atomic mass is 15.4. The van der Waals surface area contributed by atoms with E-state index in [1.165, 1.54) is 0 Å². The summed E-state index contributed by atoms with van der Waals surface area (Å²) in [7, 11) is 0. The molecule has 5 nitrogen and oxygen atoms in total. The van der Waals surface area contributed by atoms with Crippen molar-refractivity contribution >= 4 is 11.0 Å². The number of pyridine rings is 1. The van der Waals surface area contributed by atoms with Gasteiger partial charge >= 0.3 is 0 Å². The van der Waals surface area contributed by atoms with Crippen molar-refractivity contribution in [1.29, 1.82) is 0 Å². The lowest BCUT2D eigenvalue weighted by Crippen LogP contribution is -2.12. The van der Waals surface area contributed by atoms with E-state index in [1.807, 2.05) is 43.3 Å². The maximum Gasteiger partial charge on any atom is 0.160 e. The molecular weight excluding hydrogens is 226 g/mol. The molecule has 3 rings (SSSR count). The minimum atomic E-state index is -0.100. The molecule has 0 amide bonds. The molecule has 0 saturated carbocycles. The van der Waals surface area contributed by atoms with Gasteiger partial charge in [0.25, 0.3) is 0 Å². The molecule has 0 bridgehead atoms. The summed E-state index contributed by atoms with van der Waals surface area (Å²) in [6, 6.07) is 11.5. The van der Waals surface area contributed by atoms with Crippen LogP contribution in [0.5, 0.6) is 0 Å². The Morgan fingerprint density at radius 1 is 1.17 bits per heavy atom. The summed E-state index contributed by atoms with van der Waals surface area (Å²) < 4.78 is 1.73. The van der Waals surface area contributed by atoms with Crippen LogP contribution in [0, 0.1) is 0 Å². The first-order valence-electron chi connectivity index (χ1n) is 5.78. The number of rotatable bonds is 2. The van der Waals surface area contributed by atoms with Gasteiger partial charge in [-0.25, -0.2) is 4.98 Å². The van der Waals surface area contributed by atoms with E-state index in [4.69, 9.17) is 5.73 Å². The summed E-state index contributed by atoms with van der Waals surface area (Å²) >= 11 is 0. The Balaban J connectivity index is 2.27. The van der Waals surface area contributed by atoms with Crippen LogP contribution in [0.25, 0.3) is 16.9 Å². The van der Waals surface area contributed by atoms with Crippen molar-refractivity contribution in [2.45, 2.75) is 13.0 Å². The predicted molar refractivity (Wildman–Crippen MR) is 69.3 cm³/mol. The quantitative estimate of drug-likeness (QED) is 0.740. The lowest BCUT2D eigenvalue weighted by molar-refractivity contribution is 0.747. The maximum absolute atomic E-state index is 5.96. The van der Waals surface area contributed by atoms with E-state index < -0.39 is 0 Å². The summed E-state index contributed by atoms with van der Waals surface area (Å²) in [5.74, 6) is 0.737. The van der Waals surface area contributed by atoms with Gasteiger partial charge in [-0.3, -0.25) is 0 Å². The number of nitrogens with two attached hydrogens (primary N) is 1. The molecule has 0 radical (unpaired) electrons. The number of benzene rings is 1. The molecular formula is C13H13N5. The highest BCUT2D eigenvalue weighted by Gasteiger charge is 2.13. The summed E-state index contributed by atoms with van der Waals surface area (Å²) in [6.07, 6.45) is 1.73. The number of aromatic nitrogens is 4. The third-order valence-corrected chi connectivity index (χ3v) is 2.86. The first-order chi connectivity index (χ1) is 8.77. The normalized spacial score (nSPS) is 12.8. The first-order valence-corrected chi connectivity index (χ1v) is 5.78. The van der Waals surface area contributed by atoms with Crippen LogP contribution in [0.4, 0.5) is 0 Å². The summed E-state index contributed by atoms with van der Waals surface area (Å²) in [6.45, 7) is 1.93. The Labute approximate surface area is 104 Å². The van der Waals surface area contributed by atoms with E-state index in [0.717, 1.165) is 22.4 Å². The molecule has 2 N–H and O–H groups in total. The number of para-hydroxylation sites is 1. The van der Waals surface area contributed by atoms with Crippen molar-refractivity contribution in [1.82, 2.24) is 20.0 Å². The van der Waals surface area contributed by atoms with Gasteiger partial charge in [-0.15, -0.1) is 5.10 Å². The van der Waals surface area contributed by atoms with Crippen LogP contribution >= 0.6 is 0 Å². The van der Waals surface area contributed by atoms with Crippen molar-refractivity contribution in [2.24, 2.45) is 5.73 Å². The van der Waals surface area contributed by atoms with Crippen LogP contribution in [-0.4, -0.2) is 20.0 Å². The van der Waals surface area contributed by atoms with E-state index in [1.54, 1.807) is 10.9 Å². The summed E-state index contributed by atoms with van der Waals surface area (Å²) in [5.41, 5.74) is 8.69. The maximum atomic E-state index is 5.96. The van der Waals surface area contributed by atoms with Gasteiger partial charge in [0.1, 0.15) is 5.52 Å². The third-order valence-electron chi connectivity index (χ3n) is 2.86. The molecule has 0 aliphatic carbocycles. The van der Waals surface area contributed by atoms with Gasteiger partial charge < -0.3 is 5.73 Å². The molecule has 0 fully saturated rings. The van der Waals surface area contributed by atoms with Gasteiger partial charge in [0, 0.05) is 17.8 Å². The molecule has 2 heterocycles. The standard InChI is InChI=1S/C13H13N5/c1-9(14)10-5-4-8-15-13(10)18-12-7-3-2-6-11(12)16-17-18/h2-9H,14H2,1H3. The minimum Gasteiger partial charge on any atom is -0.324 e. The van der Waals surface area contributed by atoms with Crippen LogP contribution in [0.1, 0.15) is 18.5 Å². The Morgan fingerprint density at radius 3 is 2.83 bits per heavy atom. The number of nitrogens with zero attached hydrogens (tertiary/aromatic N) is 4. The van der Waals surface area contributed by atoms with Crippen molar-refractivity contribution in [3.8, 4) is 5.82 Å². The van der Waals surface area contributed by atoms with Crippen molar-refractivity contribution in [3.05, 3.63) is 48.2 Å². The van der Waals surface area contributed by atoms with Gasteiger partial charge in [-0.05, 0) is 25.1 Å². The van der Waals surface area contributed by atoms with Crippen LogP contribution < -0.4 is 5.73 Å². The van der Waals surface area contributed by atoms with Crippen LogP contribution in [0.2, 0.25) is 0 Å². The highest BCUT2D eigenvalue weighted by molar-refractivity contribution is 5.75. The largest absolute Gasteiger partial charge is 0.324 e. The molecule has 0 saturated heterocycles. The third kappa shape index (κ3) is 1.65. The molecule has 18 heavy (non-hydrogen) atoms. The molecule has 0 aliphatic heterocycles. The van der Waals surface area contributed by atoms with Gasteiger partial charge in [-0.2, -0.15) is 4.68 Å². The van der Waals surface area contributed by atoms with Crippen molar-refractivity contribution < 1.29 is 0 Å². The summed E-state index contributed by atoms with van der Waals surface area (Å²) in [4.78, 5) is 4.37. The smallest absolute Gasteiger partial charge is 0.160 e. The lowest BCUT2D eigenvalue weighted by atomic mass is 10.1. The number of hydrogen-bond donors (Lipinski definition) is 1. The average molecular weight is 239 g/mol. The fraction of sp³-hybridized carbons (Fsp3) is 0.154. The van der Waals surface area contributed by atoms with Gasteiger partial charge in [0.15, 0.2) is 5.82 Å². The summed E-state index contributed by atoms with van der Waals surface area (Å²) in [5, 5.41) is 8.28. The predicted octanol–water partition coefficient (Wildman–Crippen LogP) is 1.84. The van der Waals surface area contributed by atoms with E-state index in [2.05, 4.69) is 15.3 Å². The first kappa shape index (κ1) is 10.9. The molecule has 0 aliphatic rings. The second-order valence-electron chi connectivity index (χ2n) is 4.19. The van der Waals surface area contributed by atoms with Crippen molar-refractivity contribution in [2.75, 3.05) is 0 Å². The Morgan fingerprint density at radius 2 is 2.00 bits per heavy atom. The van der Waals surface area contributed by atoms with Gasteiger partial charge in [0.05, 0.1) is 5.52 Å². The number of fused-ring (bicyclic) bond motifs is 1. The zero-order chi connectivity index (χ0) is 12.5. The zero-order valence-electron chi connectivity index (χ0n) is 9.99. The van der Waals surface area contributed by atoms with Crippen LogP contribution in [-0.2, 0) is 0 Å². The van der Waals surface area contributed by atoms with Crippen molar-refractivity contribution in [3.63, 3.8) is 0 Å². The Hall–Kier alpha value is -2.27. The SMILES string of the molecule is CC(N)c1cccnc1-n1nnc2ccccc21. The Bertz CT molecular complexity index is 686. The van der Waals surface area contributed by atoms with Gasteiger partial charge in [-0.1, -0.05) is 23.4 Å². The van der Waals surface area contributed by atoms with Crippen LogP contribution in [0.15, 0.2) is 42.6 Å². The topological polar surface area (TPSA) is 69.6 Å². The fourth-order valence-electron chi connectivity index (χ4n) is 1.97. The second-order valence-corrected chi connectivity index (χ2v) is 4.19. The fourth-order valence-corrected chi connectivity index (χ4v) is 1.97. The van der Waals surface area contributed by atoms with E-state index in [9.17, 15) is 0 Å².